The predicted molar refractivity (Wildman–Crippen MR) is 119 cm³/mol. The van der Waals surface area contributed by atoms with Crippen molar-refractivity contribution in [3.05, 3.63) is 108 Å². The normalized spacial score (nSPS) is 21.4. The molecule has 8 heteroatoms. The Morgan fingerprint density at radius 3 is 1.62 bits per heavy atom. The average Bonchev–Trinajstić information content (AvgIpc) is 3.17. The van der Waals surface area contributed by atoms with Crippen molar-refractivity contribution >= 4 is 17.9 Å². The van der Waals surface area contributed by atoms with Crippen molar-refractivity contribution in [2.24, 2.45) is 0 Å². The fourth-order valence-corrected chi connectivity index (χ4v) is 3.41. The zero-order valence-electron chi connectivity index (χ0n) is 18.0. The van der Waals surface area contributed by atoms with E-state index in [4.69, 9.17) is 18.9 Å². The van der Waals surface area contributed by atoms with Gasteiger partial charge in [0.25, 0.3) is 0 Å². The summed E-state index contributed by atoms with van der Waals surface area (Å²) in [6.45, 7) is -0.336. The van der Waals surface area contributed by atoms with Gasteiger partial charge in [-0.1, -0.05) is 54.6 Å². The summed E-state index contributed by atoms with van der Waals surface area (Å²) in [6, 6.07) is 24.7. The van der Waals surface area contributed by atoms with Crippen LogP contribution in [0.4, 0.5) is 0 Å². The first-order chi connectivity index (χ1) is 16.5. The molecule has 1 heterocycles. The molecule has 3 aromatic carbocycles. The number of hydrogen-bond acceptors (Lipinski definition) is 8. The van der Waals surface area contributed by atoms with Crippen molar-refractivity contribution < 1.29 is 38.4 Å². The van der Waals surface area contributed by atoms with Crippen LogP contribution in [-0.2, 0) is 18.9 Å². The molecule has 0 amide bonds. The molecule has 1 aliphatic heterocycles. The number of ether oxygens (including phenoxy) is 4. The van der Waals surface area contributed by atoms with Gasteiger partial charge in [0.2, 0.25) is 6.29 Å². The van der Waals surface area contributed by atoms with E-state index >= 15 is 0 Å². The quantitative estimate of drug-likeness (QED) is 0.422. The van der Waals surface area contributed by atoms with Gasteiger partial charge < -0.3 is 24.1 Å². The lowest BCUT2D eigenvalue weighted by Crippen LogP contribution is -2.40. The van der Waals surface area contributed by atoms with E-state index in [-0.39, 0.29) is 17.7 Å². The summed E-state index contributed by atoms with van der Waals surface area (Å²) in [5.41, 5.74) is 0.848. The van der Waals surface area contributed by atoms with Gasteiger partial charge in [0.05, 0.1) is 16.7 Å². The molecule has 1 unspecified atom stereocenters. The first kappa shape index (κ1) is 23.2. The highest BCUT2D eigenvalue weighted by atomic mass is 16.7. The van der Waals surface area contributed by atoms with E-state index in [0.717, 1.165) is 0 Å². The zero-order valence-corrected chi connectivity index (χ0v) is 18.0. The molecule has 1 saturated heterocycles. The monoisotopic (exact) mass is 462 g/mol. The lowest BCUT2D eigenvalue weighted by atomic mass is 10.1. The Morgan fingerprint density at radius 2 is 1.12 bits per heavy atom. The highest BCUT2D eigenvalue weighted by Crippen LogP contribution is 2.27. The van der Waals surface area contributed by atoms with Crippen molar-refractivity contribution in [1.29, 1.82) is 0 Å². The first-order valence-corrected chi connectivity index (χ1v) is 10.6. The molecule has 0 spiro atoms. The highest BCUT2D eigenvalue weighted by Gasteiger charge is 2.49. The van der Waals surface area contributed by atoms with Gasteiger partial charge in [-0.25, -0.2) is 14.4 Å². The Bertz CT molecular complexity index is 1120. The molecule has 1 N–H and O–H groups in total. The van der Waals surface area contributed by atoms with E-state index in [0.29, 0.717) is 5.56 Å². The van der Waals surface area contributed by atoms with E-state index in [1.807, 2.05) is 0 Å². The molecular weight excluding hydrogens is 440 g/mol. The molecule has 0 radical (unpaired) electrons. The van der Waals surface area contributed by atoms with Gasteiger partial charge in [-0.3, -0.25) is 0 Å². The second kappa shape index (κ2) is 10.7. The maximum absolute atomic E-state index is 12.6. The topological polar surface area (TPSA) is 108 Å². The van der Waals surface area contributed by atoms with Crippen LogP contribution in [0.1, 0.15) is 31.1 Å². The SMILES string of the molecule is O=C(OCC1O[C@H](OC(=O)c2ccccc2)[C@H](O)[C@@H]1OC(=O)c1ccccc1)c1ccccc1. The van der Waals surface area contributed by atoms with E-state index < -0.39 is 42.5 Å². The lowest BCUT2D eigenvalue weighted by molar-refractivity contribution is -0.139. The smallest absolute Gasteiger partial charge is 0.340 e. The average molecular weight is 462 g/mol. The number of esters is 3. The molecule has 1 fully saturated rings. The van der Waals surface area contributed by atoms with Crippen molar-refractivity contribution in [2.45, 2.75) is 24.6 Å². The number of hydrogen-bond donors (Lipinski definition) is 1. The van der Waals surface area contributed by atoms with Crippen LogP contribution in [0.5, 0.6) is 0 Å². The third kappa shape index (κ3) is 5.48. The van der Waals surface area contributed by atoms with Crippen molar-refractivity contribution in [3.8, 4) is 0 Å². The van der Waals surface area contributed by atoms with Gasteiger partial charge in [0.15, 0.2) is 12.2 Å². The molecule has 4 atom stereocenters. The Kier molecular flexibility index (Phi) is 7.31. The fourth-order valence-electron chi connectivity index (χ4n) is 3.41. The third-order valence-corrected chi connectivity index (χ3v) is 5.16. The molecule has 174 valence electrons. The summed E-state index contributed by atoms with van der Waals surface area (Å²) >= 11 is 0. The Labute approximate surface area is 195 Å². The van der Waals surface area contributed by atoms with Gasteiger partial charge in [-0.2, -0.15) is 0 Å². The maximum Gasteiger partial charge on any atom is 0.340 e. The van der Waals surface area contributed by atoms with Gasteiger partial charge >= 0.3 is 17.9 Å². The van der Waals surface area contributed by atoms with Crippen molar-refractivity contribution in [3.63, 3.8) is 0 Å². The minimum atomic E-state index is -1.50. The van der Waals surface area contributed by atoms with Gasteiger partial charge in [-0.05, 0) is 36.4 Å². The van der Waals surface area contributed by atoms with E-state index in [2.05, 4.69) is 0 Å². The molecule has 4 rings (SSSR count). The summed E-state index contributed by atoms with van der Waals surface area (Å²) in [6.07, 6.45) is -5.24. The number of carbonyl (C=O) groups is 3. The number of benzene rings is 3. The Balaban J connectivity index is 1.47. The largest absolute Gasteiger partial charge is 0.459 e. The standard InChI is InChI=1S/C26H22O8/c27-21-22(33-24(29)18-12-6-2-7-13-18)20(16-31-23(28)17-10-4-1-5-11-17)32-26(21)34-25(30)19-14-8-3-9-15-19/h1-15,20-22,26-27H,16H2/t20?,21-,22-,26-/m1/s1. The number of aliphatic hydroxyl groups is 1. The van der Waals surface area contributed by atoms with Crippen LogP contribution in [-0.4, -0.2) is 54.2 Å². The summed E-state index contributed by atoms with van der Waals surface area (Å²) in [4.78, 5) is 37.4. The molecule has 0 bridgehead atoms. The van der Waals surface area contributed by atoms with Gasteiger partial charge in [-0.15, -0.1) is 0 Å². The molecule has 1 aliphatic rings. The van der Waals surface area contributed by atoms with Crippen LogP contribution in [0.25, 0.3) is 0 Å². The second-order valence-corrected chi connectivity index (χ2v) is 7.51. The van der Waals surface area contributed by atoms with Crippen LogP contribution in [0, 0.1) is 0 Å². The van der Waals surface area contributed by atoms with Crippen LogP contribution in [0.3, 0.4) is 0 Å². The van der Waals surface area contributed by atoms with Gasteiger partial charge in [0, 0.05) is 0 Å². The van der Waals surface area contributed by atoms with E-state index in [9.17, 15) is 19.5 Å². The Hall–Kier alpha value is -4.01. The summed E-state index contributed by atoms with van der Waals surface area (Å²) < 4.78 is 21.8. The molecule has 8 nitrogen and oxygen atoms in total. The number of aliphatic hydroxyl groups excluding tert-OH is 1. The molecule has 0 saturated carbocycles. The third-order valence-electron chi connectivity index (χ3n) is 5.16. The molecule has 3 aromatic rings. The first-order valence-electron chi connectivity index (χ1n) is 10.6. The fraction of sp³-hybridized carbons (Fsp3) is 0.192. The van der Waals surface area contributed by atoms with E-state index in [1.165, 1.54) is 0 Å². The van der Waals surface area contributed by atoms with Crippen LogP contribution in [0.2, 0.25) is 0 Å². The van der Waals surface area contributed by atoms with Gasteiger partial charge in [0.1, 0.15) is 12.7 Å². The molecular formula is C26H22O8. The second-order valence-electron chi connectivity index (χ2n) is 7.51. The molecule has 0 aliphatic carbocycles. The Morgan fingerprint density at radius 1 is 0.676 bits per heavy atom. The van der Waals surface area contributed by atoms with Crippen LogP contribution in [0.15, 0.2) is 91.0 Å². The maximum atomic E-state index is 12.6. The minimum absolute atomic E-state index is 0.259. The van der Waals surface area contributed by atoms with Crippen LogP contribution < -0.4 is 0 Å². The predicted octanol–water partition coefficient (Wildman–Crippen LogP) is 3.01. The highest BCUT2D eigenvalue weighted by molar-refractivity contribution is 5.90. The molecule has 34 heavy (non-hydrogen) atoms. The summed E-state index contributed by atoms with van der Waals surface area (Å²) in [7, 11) is 0. The lowest BCUT2D eigenvalue weighted by Gasteiger charge is -2.20. The van der Waals surface area contributed by atoms with E-state index in [1.54, 1.807) is 91.0 Å². The number of rotatable bonds is 7. The van der Waals surface area contributed by atoms with Crippen LogP contribution >= 0.6 is 0 Å². The van der Waals surface area contributed by atoms with Crippen molar-refractivity contribution in [2.75, 3.05) is 6.61 Å². The molecule has 0 aromatic heterocycles. The summed E-state index contributed by atoms with van der Waals surface area (Å²) in [5, 5.41) is 10.8. The minimum Gasteiger partial charge on any atom is -0.459 e. The van der Waals surface area contributed by atoms with Crippen molar-refractivity contribution in [1.82, 2.24) is 0 Å². The zero-order chi connectivity index (χ0) is 23.9. The summed E-state index contributed by atoms with van der Waals surface area (Å²) in [5.74, 6) is -2.04. The number of carbonyl (C=O) groups excluding carboxylic acids is 3.